The Morgan fingerprint density at radius 3 is 0.964 bits per heavy atom. The molecule has 2 atom stereocenters. The number of rotatable bonds is 10. The van der Waals surface area contributed by atoms with Crippen LogP contribution in [0.15, 0.2) is 0 Å². The molecule has 28 heavy (non-hydrogen) atoms. The van der Waals surface area contributed by atoms with E-state index in [-0.39, 0.29) is 75.4 Å². The molecule has 1 aliphatic rings. The predicted octanol–water partition coefficient (Wildman–Crippen LogP) is -18.1. The summed E-state index contributed by atoms with van der Waals surface area (Å²) in [7, 11) is 0. The van der Waals surface area contributed by atoms with Gasteiger partial charge in [-0.15, -0.1) is 0 Å². The maximum atomic E-state index is 10.9. The van der Waals surface area contributed by atoms with Crippen molar-refractivity contribution in [3.63, 3.8) is 0 Å². The van der Waals surface area contributed by atoms with E-state index in [2.05, 4.69) is 0 Å². The largest absolute Gasteiger partial charge is 1.00 e. The molecule has 1 fully saturated rings. The van der Waals surface area contributed by atoms with Crippen LogP contribution in [0.3, 0.4) is 0 Å². The minimum atomic E-state index is -1.49. The van der Waals surface area contributed by atoms with Crippen molar-refractivity contribution in [1.29, 1.82) is 0 Å². The summed E-state index contributed by atoms with van der Waals surface area (Å²) >= 11 is 0. The van der Waals surface area contributed by atoms with Gasteiger partial charge in [0.05, 0.1) is 23.9 Å². The molecule has 0 aromatic heterocycles. The Balaban J connectivity index is -0.000000720. The summed E-state index contributed by atoms with van der Waals surface area (Å²) in [5.41, 5.74) is 0. The molecule has 1 saturated carbocycles. The van der Waals surface area contributed by atoms with Crippen molar-refractivity contribution in [2.45, 2.75) is 37.8 Å². The molecule has 0 bridgehead atoms. The zero-order chi connectivity index (χ0) is 18.3. The van der Waals surface area contributed by atoms with Crippen LogP contribution in [0.5, 0.6) is 0 Å². The molecule has 0 radical (unpaired) electrons. The normalized spacial score (nSPS) is 17.9. The Morgan fingerprint density at radius 1 is 0.571 bits per heavy atom. The van der Waals surface area contributed by atoms with Gasteiger partial charge in [-0.1, -0.05) is 12.8 Å². The van der Waals surface area contributed by atoms with Gasteiger partial charge < -0.3 is 39.6 Å². The van der Waals surface area contributed by atoms with E-state index in [1.807, 2.05) is 0 Å². The first kappa shape index (κ1) is 35.6. The van der Waals surface area contributed by atoms with E-state index in [0.29, 0.717) is 25.7 Å². The van der Waals surface area contributed by atoms with E-state index < -0.39 is 62.1 Å². The number of aliphatic carboxylic acids is 4. The third-order valence-electron chi connectivity index (χ3n) is 3.96. The second-order valence-corrected chi connectivity index (χ2v) is 5.72. The number of hydrogen-bond donors (Lipinski definition) is 0. The molecule has 10 nitrogen and oxygen atoms in total. The summed E-state index contributed by atoms with van der Waals surface area (Å²) in [5, 5.41) is 43.5. The molecule has 0 aromatic carbocycles. The first-order valence-electron chi connectivity index (χ1n) is 7.48. The average molecular weight is 370 g/mol. The minimum absolute atomic E-state index is 0. The van der Waals surface area contributed by atoms with Gasteiger partial charge in [-0.25, -0.2) is 0 Å². The van der Waals surface area contributed by atoms with Crippen LogP contribution < -0.4 is 95.9 Å². The van der Waals surface area contributed by atoms with E-state index in [4.69, 9.17) is 0 Å². The van der Waals surface area contributed by atoms with E-state index in [9.17, 15) is 39.6 Å². The maximum absolute atomic E-state index is 10.9. The first-order valence-corrected chi connectivity index (χ1v) is 7.48. The van der Waals surface area contributed by atoms with Crippen LogP contribution in [0.25, 0.3) is 0 Å². The van der Waals surface area contributed by atoms with Gasteiger partial charge in [0, 0.05) is 38.3 Å². The third-order valence-corrected chi connectivity index (χ3v) is 3.96. The van der Waals surface area contributed by atoms with Crippen molar-refractivity contribution < 1.29 is 115 Å². The number of carboxylic acids is 4. The second-order valence-electron chi connectivity index (χ2n) is 5.72. The van der Waals surface area contributed by atoms with Crippen molar-refractivity contribution >= 4 is 23.9 Å². The van der Waals surface area contributed by atoms with Crippen LogP contribution >= 0.6 is 0 Å². The van der Waals surface area contributed by atoms with Gasteiger partial charge in [0.25, 0.3) is 0 Å². The van der Waals surface area contributed by atoms with Crippen molar-refractivity contribution in [2.75, 3.05) is 26.2 Å². The monoisotopic (exact) mass is 370 g/mol. The number of carbonyl (C=O) groups excluding carboxylic acids is 4. The summed E-state index contributed by atoms with van der Waals surface area (Å²) in [5.74, 6) is -5.97. The number of hydrogen-bond acceptors (Lipinski definition) is 10. The zero-order valence-electron chi connectivity index (χ0n) is 17.0. The molecule has 1 aliphatic carbocycles. The standard InChI is InChI=1S/C14H22N2O8.4Li/c17-11(18)5-15(6-12(19)20)9-3-1-2-4-10(9)16(7-13(21)22)8-14(23)24;;;;/h9-10H,1-8H2,(H,17,18)(H,19,20)(H,21,22)(H,23,24);;;;/q;4*+1/p-4. The zero-order valence-corrected chi connectivity index (χ0v) is 17.0. The quantitative estimate of drug-likeness (QED) is 0.337. The SMILES string of the molecule is O=C([O-])CN(CC(=O)[O-])C1CCCCC1N(CC(=O)[O-])CC(=O)[O-].[Li+].[Li+].[Li+].[Li+]. The second kappa shape index (κ2) is 18.0. The van der Waals surface area contributed by atoms with Gasteiger partial charge in [-0.2, -0.15) is 0 Å². The predicted molar refractivity (Wildman–Crippen MR) is 69.2 cm³/mol. The van der Waals surface area contributed by atoms with Gasteiger partial charge in [-0.05, 0) is 12.8 Å². The number of carbonyl (C=O) groups is 4. The van der Waals surface area contributed by atoms with Gasteiger partial charge in [-0.3, -0.25) is 9.80 Å². The molecule has 0 heterocycles. The van der Waals surface area contributed by atoms with E-state index in [0.717, 1.165) is 9.80 Å². The molecular formula is C14H18Li4N2O8. The summed E-state index contributed by atoms with van der Waals surface area (Å²) in [6, 6.07) is -1.32. The van der Waals surface area contributed by atoms with Gasteiger partial charge in [0.15, 0.2) is 0 Å². The fraction of sp³-hybridized carbons (Fsp3) is 0.714. The molecule has 136 valence electrons. The molecular weight excluding hydrogens is 352 g/mol. The van der Waals surface area contributed by atoms with E-state index >= 15 is 0 Å². The Hall–Kier alpha value is 0.190. The number of nitrogens with zero attached hydrogens (tertiary/aromatic N) is 2. The molecule has 0 spiro atoms. The molecule has 0 N–H and O–H groups in total. The first-order chi connectivity index (χ1) is 11.2. The molecule has 14 heteroatoms. The van der Waals surface area contributed by atoms with Crippen LogP contribution in [-0.2, 0) is 19.2 Å². The van der Waals surface area contributed by atoms with E-state index in [1.165, 1.54) is 0 Å². The van der Waals surface area contributed by atoms with Gasteiger partial charge in [0.2, 0.25) is 0 Å². The fourth-order valence-electron chi connectivity index (χ4n) is 3.19. The molecule has 0 amide bonds. The Labute approximate surface area is 211 Å². The van der Waals surface area contributed by atoms with Crippen LogP contribution in [0.1, 0.15) is 25.7 Å². The van der Waals surface area contributed by atoms with Crippen molar-refractivity contribution in [1.82, 2.24) is 9.80 Å². The van der Waals surface area contributed by atoms with Crippen LogP contribution in [0.4, 0.5) is 0 Å². The summed E-state index contributed by atoms with van der Waals surface area (Å²) in [6.07, 6.45) is 2.12. The molecule has 2 unspecified atom stereocenters. The molecule has 0 aliphatic heterocycles. The minimum Gasteiger partial charge on any atom is -0.549 e. The van der Waals surface area contributed by atoms with Crippen molar-refractivity contribution in [3.8, 4) is 0 Å². The summed E-state index contributed by atoms with van der Waals surface area (Å²) in [6.45, 7) is -2.72. The summed E-state index contributed by atoms with van der Waals surface area (Å²) < 4.78 is 0. The Morgan fingerprint density at radius 2 is 0.786 bits per heavy atom. The van der Waals surface area contributed by atoms with Crippen molar-refractivity contribution in [2.24, 2.45) is 0 Å². The Kier molecular flexibility index (Phi) is 22.9. The number of carboxylic acid groups (broad SMARTS) is 4. The Bertz CT molecular complexity index is 436. The van der Waals surface area contributed by atoms with Crippen LogP contribution in [-0.4, -0.2) is 71.9 Å². The van der Waals surface area contributed by atoms with E-state index in [1.54, 1.807) is 0 Å². The van der Waals surface area contributed by atoms with Gasteiger partial charge >= 0.3 is 75.4 Å². The maximum Gasteiger partial charge on any atom is 1.00 e. The van der Waals surface area contributed by atoms with Crippen LogP contribution in [0.2, 0.25) is 0 Å². The molecule has 0 aromatic rings. The smallest absolute Gasteiger partial charge is 0.549 e. The molecule has 1 rings (SSSR count). The topological polar surface area (TPSA) is 167 Å². The third kappa shape index (κ3) is 13.4. The van der Waals surface area contributed by atoms with Gasteiger partial charge in [0.1, 0.15) is 0 Å². The average Bonchev–Trinajstić information content (AvgIpc) is 2.44. The summed E-state index contributed by atoms with van der Waals surface area (Å²) in [4.78, 5) is 45.7. The van der Waals surface area contributed by atoms with Crippen LogP contribution in [0, 0.1) is 0 Å². The fourth-order valence-corrected chi connectivity index (χ4v) is 3.19. The van der Waals surface area contributed by atoms with Crippen molar-refractivity contribution in [3.05, 3.63) is 0 Å². The molecule has 0 saturated heterocycles.